The van der Waals surface area contributed by atoms with Gasteiger partial charge in [-0.2, -0.15) is 0 Å². The Kier molecular flexibility index (Phi) is 4.87. The predicted molar refractivity (Wildman–Crippen MR) is 118 cm³/mol. The lowest BCUT2D eigenvalue weighted by molar-refractivity contribution is 0.00578. The van der Waals surface area contributed by atoms with E-state index in [1.165, 1.54) is 11.1 Å². The molecule has 0 spiro atoms. The Hall–Kier alpha value is -2.07. The fraction of sp³-hybridized carbons (Fsp3) is 0.250. The summed E-state index contributed by atoms with van der Waals surface area (Å²) in [5.41, 5.74) is 4.70. The first kappa shape index (κ1) is 19.3. The lowest BCUT2D eigenvalue weighted by Crippen LogP contribution is -2.41. The fourth-order valence-corrected chi connectivity index (χ4v) is 3.64. The highest BCUT2D eigenvalue weighted by atomic mass is 35.5. The molecule has 0 N–H and O–H groups in total. The number of rotatable bonds is 3. The molecular formula is C24H24BClO2. The highest BCUT2D eigenvalue weighted by Crippen LogP contribution is 2.38. The Balaban J connectivity index is 1.78. The number of benzene rings is 3. The summed E-state index contributed by atoms with van der Waals surface area (Å²) in [6, 6.07) is 24.8. The molecular weight excluding hydrogens is 367 g/mol. The average molecular weight is 391 g/mol. The predicted octanol–water partition coefficient (Wildman–Crippen LogP) is 5.97. The summed E-state index contributed by atoms with van der Waals surface area (Å²) in [4.78, 5) is 0. The first-order valence-electron chi connectivity index (χ1n) is 9.58. The van der Waals surface area contributed by atoms with Crippen molar-refractivity contribution in [2.75, 3.05) is 0 Å². The van der Waals surface area contributed by atoms with E-state index < -0.39 is 18.3 Å². The Morgan fingerprint density at radius 1 is 0.679 bits per heavy atom. The van der Waals surface area contributed by atoms with Crippen molar-refractivity contribution in [3.8, 4) is 22.3 Å². The van der Waals surface area contributed by atoms with E-state index in [9.17, 15) is 0 Å². The molecule has 4 heteroatoms. The highest BCUT2D eigenvalue weighted by molar-refractivity contribution is 6.64. The van der Waals surface area contributed by atoms with E-state index in [0.717, 1.165) is 16.6 Å². The minimum absolute atomic E-state index is 0.400. The maximum atomic E-state index is 6.34. The van der Waals surface area contributed by atoms with Gasteiger partial charge in [-0.05, 0) is 73.6 Å². The Bertz CT molecular complexity index is 982. The molecule has 1 heterocycles. The van der Waals surface area contributed by atoms with Gasteiger partial charge in [0.1, 0.15) is 0 Å². The fourth-order valence-electron chi connectivity index (χ4n) is 3.46. The quantitative estimate of drug-likeness (QED) is 0.513. The van der Waals surface area contributed by atoms with Crippen molar-refractivity contribution in [3.05, 3.63) is 77.8 Å². The minimum atomic E-state index is -0.459. The molecule has 2 nitrogen and oxygen atoms in total. The third-order valence-corrected chi connectivity index (χ3v) is 6.04. The van der Waals surface area contributed by atoms with Crippen LogP contribution in [-0.4, -0.2) is 18.3 Å². The van der Waals surface area contributed by atoms with Crippen molar-refractivity contribution >= 4 is 24.2 Å². The van der Waals surface area contributed by atoms with Crippen LogP contribution in [0.5, 0.6) is 0 Å². The first-order valence-corrected chi connectivity index (χ1v) is 9.96. The molecule has 3 aromatic carbocycles. The zero-order valence-corrected chi connectivity index (χ0v) is 17.5. The normalized spacial score (nSPS) is 17.7. The molecule has 1 fully saturated rings. The zero-order valence-electron chi connectivity index (χ0n) is 16.7. The largest absolute Gasteiger partial charge is 0.495 e. The molecule has 0 unspecified atom stereocenters. The highest BCUT2D eigenvalue weighted by Gasteiger charge is 2.52. The molecule has 0 aliphatic carbocycles. The third-order valence-electron chi connectivity index (χ3n) is 5.80. The molecule has 3 aromatic rings. The summed E-state index contributed by atoms with van der Waals surface area (Å²) >= 11 is 6.34. The first-order chi connectivity index (χ1) is 13.3. The van der Waals surface area contributed by atoms with Gasteiger partial charge in [-0.25, -0.2) is 0 Å². The Morgan fingerprint density at radius 2 is 1.29 bits per heavy atom. The molecule has 0 amide bonds. The summed E-state index contributed by atoms with van der Waals surface area (Å²) in [5.74, 6) is 0. The van der Waals surface area contributed by atoms with E-state index in [-0.39, 0.29) is 0 Å². The van der Waals surface area contributed by atoms with Gasteiger partial charge in [-0.15, -0.1) is 0 Å². The maximum Gasteiger partial charge on any atom is 0.495 e. The van der Waals surface area contributed by atoms with Crippen LogP contribution < -0.4 is 5.46 Å². The molecule has 0 bridgehead atoms. The second-order valence-electron chi connectivity index (χ2n) is 8.27. The summed E-state index contributed by atoms with van der Waals surface area (Å²) in [6.07, 6.45) is 0. The lowest BCUT2D eigenvalue weighted by atomic mass is 9.74. The standard InChI is InChI=1S/C24H24BClO2/c1-23(2)24(3,4)28-25(27-23)22-16-20(26)13-14-21(22)19-12-8-11-18(15-19)17-9-6-5-7-10-17/h5-16H,1-4H3. The van der Waals surface area contributed by atoms with Crippen LogP contribution >= 0.6 is 11.6 Å². The van der Waals surface area contributed by atoms with Crippen LogP contribution in [0.1, 0.15) is 27.7 Å². The second kappa shape index (κ2) is 7.07. The second-order valence-corrected chi connectivity index (χ2v) is 8.70. The van der Waals surface area contributed by atoms with E-state index in [2.05, 4.69) is 76.2 Å². The third kappa shape index (κ3) is 3.50. The molecule has 1 aliphatic rings. The van der Waals surface area contributed by atoms with E-state index >= 15 is 0 Å². The summed E-state index contributed by atoms with van der Waals surface area (Å²) < 4.78 is 12.6. The van der Waals surface area contributed by atoms with Gasteiger partial charge in [-0.3, -0.25) is 0 Å². The van der Waals surface area contributed by atoms with Crippen molar-refractivity contribution in [1.82, 2.24) is 0 Å². The summed E-state index contributed by atoms with van der Waals surface area (Å²) in [7, 11) is -0.459. The Morgan fingerprint density at radius 3 is 1.96 bits per heavy atom. The molecule has 28 heavy (non-hydrogen) atoms. The Labute approximate surface area is 172 Å². The van der Waals surface area contributed by atoms with Gasteiger partial charge in [0.25, 0.3) is 0 Å². The van der Waals surface area contributed by atoms with Gasteiger partial charge in [0.2, 0.25) is 0 Å². The number of halogens is 1. The van der Waals surface area contributed by atoms with Crippen molar-refractivity contribution in [2.24, 2.45) is 0 Å². The maximum absolute atomic E-state index is 6.34. The van der Waals surface area contributed by atoms with Crippen LogP contribution in [-0.2, 0) is 9.31 Å². The van der Waals surface area contributed by atoms with Crippen LogP contribution in [0.2, 0.25) is 5.02 Å². The van der Waals surface area contributed by atoms with Gasteiger partial charge in [-0.1, -0.05) is 66.2 Å². The summed E-state index contributed by atoms with van der Waals surface area (Å²) in [6.45, 7) is 8.25. The molecule has 1 aliphatic heterocycles. The van der Waals surface area contributed by atoms with Crippen molar-refractivity contribution in [3.63, 3.8) is 0 Å². The molecule has 0 saturated carbocycles. The van der Waals surface area contributed by atoms with Gasteiger partial charge in [0, 0.05) is 5.02 Å². The van der Waals surface area contributed by atoms with Crippen LogP contribution in [0.4, 0.5) is 0 Å². The molecule has 142 valence electrons. The monoisotopic (exact) mass is 390 g/mol. The lowest BCUT2D eigenvalue weighted by Gasteiger charge is -2.32. The van der Waals surface area contributed by atoms with Gasteiger partial charge < -0.3 is 9.31 Å². The average Bonchev–Trinajstić information content (AvgIpc) is 2.90. The number of hydrogen-bond donors (Lipinski definition) is 0. The van der Waals surface area contributed by atoms with Crippen LogP contribution in [0, 0.1) is 0 Å². The van der Waals surface area contributed by atoms with Crippen molar-refractivity contribution < 1.29 is 9.31 Å². The molecule has 1 saturated heterocycles. The molecule has 4 rings (SSSR count). The SMILES string of the molecule is CC1(C)OB(c2cc(Cl)ccc2-c2cccc(-c3ccccc3)c2)OC1(C)C. The van der Waals surface area contributed by atoms with Crippen LogP contribution in [0.15, 0.2) is 72.8 Å². The van der Waals surface area contributed by atoms with Gasteiger partial charge >= 0.3 is 7.12 Å². The van der Waals surface area contributed by atoms with Crippen molar-refractivity contribution in [1.29, 1.82) is 0 Å². The zero-order chi connectivity index (χ0) is 19.9. The molecule has 0 aromatic heterocycles. The van der Waals surface area contributed by atoms with E-state index in [0.29, 0.717) is 5.02 Å². The molecule has 0 radical (unpaired) electrons. The van der Waals surface area contributed by atoms with Crippen LogP contribution in [0.3, 0.4) is 0 Å². The van der Waals surface area contributed by atoms with Crippen LogP contribution in [0.25, 0.3) is 22.3 Å². The smallest absolute Gasteiger partial charge is 0.399 e. The topological polar surface area (TPSA) is 18.5 Å². The van der Waals surface area contributed by atoms with Crippen molar-refractivity contribution in [2.45, 2.75) is 38.9 Å². The molecule has 0 atom stereocenters. The van der Waals surface area contributed by atoms with E-state index in [1.54, 1.807) is 0 Å². The minimum Gasteiger partial charge on any atom is -0.399 e. The van der Waals surface area contributed by atoms with Gasteiger partial charge in [0.15, 0.2) is 0 Å². The number of hydrogen-bond acceptors (Lipinski definition) is 2. The van der Waals surface area contributed by atoms with Gasteiger partial charge in [0.05, 0.1) is 11.2 Å². The summed E-state index contributed by atoms with van der Waals surface area (Å²) in [5, 5.41) is 0.674. The van der Waals surface area contributed by atoms with E-state index in [1.807, 2.05) is 24.3 Å². The van der Waals surface area contributed by atoms with E-state index in [4.69, 9.17) is 20.9 Å².